The van der Waals surface area contributed by atoms with E-state index in [1.807, 2.05) is 0 Å². The maximum absolute atomic E-state index is 12.5. The fourth-order valence-electron chi connectivity index (χ4n) is 1.77. The predicted octanol–water partition coefficient (Wildman–Crippen LogP) is 3.93. The van der Waals surface area contributed by atoms with Crippen LogP contribution in [0.2, 0.25) is 0 Å². The molecule has 0 aromatic heterocycles. The molecule has 0 unspecified atom stereocenters. The van der Waals surface area contributed by atoms with Crippen molar-refractivity contribution in [2.24, 2.45) is 0 Å². The topological polar surface area (TPSA) is 98.5 Å². The number of hydrogen-bond donors (Lipinski definition) is 1. The van der Waals surface area contributed by atoms with Gasteiger partial charge in [-0.15, -0.1) is 0 Å². The second-order valence-corrected chi connectivity index (χ2v) is 7.74. The molecule has 2 rings (SSSR count). The maximum Gasteiger partial charge on any atom is 0.271 e. The molecule has 0 fully saturated rings. The molecule has 7 nitrogen and oxygen atoms in total. The van der Waals surface area contributed by atoms with Crippen LogP contribution >= 0.6 is 31.9 Å². The van der Waals surface area contributed by atoms with Crippen LogP contribution in [0.25, 0.3) is 0 Å². The first-order valence-corrected chi connectivity index (χ1v) is 9.12. The van der Waals surface area contributed by atoms with Crippen molar-refractivity contribution >= 4 is 53.3 Å². The highest BCUT2D eigenvalue weighted by Gasteiger charge is 2.21. The van der Waals surface area contributed by atoms with Crippen molar-refractivity contribution < 1.29 is 18.1 Å². The van der Waals surface area contributed by atoms with Crippen molar-refractivity contribution in [1.29, 1.82) is 0 Å². The SMILES string of the molecule is COc1ccc([N+](=O)[O-])cc1NS(=O)(=O)c1cc(Br)ccc1Br. The van der Waals surface area contributed by atoms with Gasteiger partial charge in [-0.2, -0.15) is 0 Å². The van der Waals surface area contributed by atoms with E-state index in [2.05, 4.69) is 36.6 Å². The summed E-state index contributed by atoms with van der Waals surface area (Å²) in [5, 5.41) is 10.9. The Balaban J connectivity index is 2.50. The summed E-state index contributed by atoms with van der Waals surface area (Å²) >= 11 is 6.38. The average Bonchev–Trinajstić information content (AvgIpc) is 2.49. The van der Waals surface area contributed by atoms with Crippen LogP contribution < -0.4 is 9.46 Å². The molecule has 2 aromatic carbocycles. The number of nitrogens with zero attached hydrogens (tertiary/aromatic N) is 1. The van der Waals surface area contributed by atoms with Gasteiger partial charge in [0.15, 0.2) is 0 Å². The third-order valence-corrected chi connectivity index (χ3v) is 5.67. The van der Waals surface area contributed by atoms with Gasteiger partial charge < -0.3 is 4.74 Å². The summed E-state index contributed by atoms with van der Waals surface area (Å²) in [5.74, 6) is 0.172. The van der Waals surface area contributed by atoms with Gasteiger partial charge in [-0.1, -0.05) is 15.9 Å². The van der Waals surface area contributed by atoms with Crippen molar-refractivity contribution in [3.63, 3.8) is 0 Å². The molecule has 2 aromatic rings. The molecule has 0 atom stereocenters. The minimum absolute atomic E-state index is 0.0135. The van der Waals surface area contributed by atoms with E-state index < -0.39 is 14.9 Å². The predicted molar refractivity (Wildman–Crippen MR) is 92.3 cm³/mol. The zero-order valence-corrected chi connectivity index (χ0v) is 15.6. The number of methoxy groups -OCH3 is 1. The van der Waals surface area contributed by atoms with E-state index in [0.29, 0.717) is 8.95 Å². The maximum atomic E-state index is 12.5. The van der Waals surface area contributed by atoms with Crippen LogP contribution in [0.5, 0.6) is 5.75 Å². The molecule has 0 heterocycles. The van der Waals surface area contributed by atoms with E-state index in [0.717, 1.165) is 6.07 Å². The molecular formula is C13H10Br2N2O5S. The second kappa shape index (κ2) is 6.85. The van der Waals surface area contributed by atoms with Gasteiger partial charge in [0, 0.05) is 21.1 Å². The first-order valence-electron chi connectivity index (χ1n) is 6.05. The quantitative estimate of drug-likeness (QED) is 0.532. The van der Waals surface area contributed by atoms with E-state index in [-0.39, 0.29) is 22.0 Å². The first-order chi connectivity index (χ1) is 10.7. The third-order valence-electron chi connectivity index (χ3n) is 2.82. The van der Waals surface area contributed by atoms with E-state index in [1.54, 1.807) is 12.1 Å². The highest BCUT2D eigenvalue weighted by atomic mass is 79.9. The van der Waals surface area contributed by atoms with Crippen LogP contribution in [0.4, 0.5) is 11.4 Å². The standard InChI is InChI=1S/C13H10Br2N2O5S/c1-22-12-5-3-9(17(18)19)7-11(12)16-23(20,21)13-6-8(14)2-4-10(13)15/h2-7,16H,1H3. The summed E-state index contributed by atoms with van der Waals surface area (Å²) in [6.45, 7) is 0. The van der Waals surface area contributed by atoms with E-state index in [1.165, 1.54) is 25.3 Å². The molecule has 0 amide bonds. The van der Waals surface area contributed by atoms with E-state index in [4.69, 9.17) is 4.74 Å². The van der Waals surface area contributed by atoms with E-state index in [9.17, 15) is 18.5 Å². The Morgan fingerprint density at radius 2 is 1.87 bits per heavy atom. The lowest BCUT2D eigenvalue weighted by Gasteiger charge is -2.13. The first kappa shape index (κ1) is 17.7. The molecule has 0 spiro atoms. The van der Waals surface area contributed by atoms with Gasteiger partial charge in [-0.3, -0.25) is 14.8 Å². The Kier molecular flexibility index (Phi) is 5.27. The Morgan fingerprint density at radius 3 is 2.48 bits per heavy atom. The van der Waals surface area contributed by atoms with Crippen molar-refractivity contribution in [3.8, 4) is 5.75 Å². The zero-order chi connectivity index (χ0) is 17.2. The monoisotopic (exact) mass is 464 g/mol. The molecule has 0 saturated carbocycles. The van der Waals surface area contributed by atoms with Gasteiger partial charge in [0.05, 0.1) is 17.7 Å². The number of nitro benzene ring substituents is 1. The van der Waals surface area contributed by atoms with Crippen molar-refractivity contribution in [2.45, 2.75) is 4.90 Å². The lowest BCUT2D eigenvalue weighted by atomic mass is 10.2. The smallest absolute Gasteiger partial charge is 0.271 e. The van der Waals surface area contributed by atoms with Gasteiger partial charge in [-0.25, -0.2) is 8.42 Å². The summed E-state index contributed by atoms with van der Waals surface area (Å²) < 4.78 is 33.4. The molecule has 0 aliphatic heterocycles. The molecule has 0 bridgehead atoms. The number of nitrogens with one attached hydrogen (secondary N) is 1. The Labute approximate surface area is 149 Å². The number of anilines is 1. The molecule has 0 aliphatic rings. The normalized spacial score (nSPS) is 11.1. The Morgan fingerprint density at radius 1 is 1.17 bits per heavy atom. The Bertz CT molecular complexity index is 871. The number of rotatable bonds is 5. The van der Waals surface area contributed by atoms with Crippen LogP contribution in [-0.4, -0.2) is 20.5 Å². The molecule has 0 radical (unpaired) electrons. The van der Waals surface area contributed by atoms with E-state index >= 15 is 0 Å². The fraction of sp³-hybridized carbons (Fsp3) is 0.0769. The fourth-order valence-corrected chi connectivity index (χ4v) is 4.34. The number of sulfonamides is 1. The molecule has 1 N–H and O–H groups in total. The minimum Gasteiger partial charge on any atom is -0.495 e. The lowest BCUT2D eigenvalue weighted by Crippen LogP contribution is -2.14. The van der Waals surface area contributed by atoms with Crippen LogP contribution in [-0.2, 0) is 10.0 Å². The summed E-state index contributed by atoms with van der Waals surface area (Å²) in [5.41, 5.74) is -0.273. The molecule has 0 saturated heterocycles. The zero-order valence-electron chi connectivity index (χ0n) is 11.6. The highest BCUT2D eigenvalue weighted by molar-refractivity contribution is 9.11. The van der Waals surface area contributed by atoms with Crippen LogP contribution in [0.1, 0.15) is 0 Å². The summed E-state index contributed by atoms with van der Waals surface area (Å²) in [6.07, 6.45) is 0. The molecule has 122 valence electrons. The van der Waals surface area contributed by atoms with Gasteiger partial charge in [0.2, 0.25) is 0 Å². The van der Waals surface area contributed by atoms with Gasteiger partial charge in [0.25, 0.3) is 15.7 Å². The lowest BCUT2D eigenvalue weighted by molar-refractivity contribution is -0.384. The molecule has 0 aliphatic carbocycles. The third kappa shape index (κ3) is 4.01. The van der Waals surface area contributed by atoms with Crippen LogP contribution in [0.3, 0.4) is 0 Å². The summed E-state index contributed by atoms with van der Waals surface area (Å²) in [6, 6.07) is 8.32. The van der Waals surface area contributed by atoms with Crippen LogP contribution in [0, 0.1) is 10.1 Å². The summed E-state index contributed by atoms with van der Waals surface area (Å²) in [4.78, 5) is 10.2. The van der Waals surface area contributed by atoms with Gasteiger partial charge in [-0.05, 0) is 40.2 Å². The number of hydrogen-bond acceptors (Lipinski definition) is 5. The number of non-ortho nitro benzene ring substituents is 1. The number of halogens is 2. The Hall–Kier alpha value is -1.65. The summed E-state index contributed by atoms with van der Waals surface area (Å²) in [7, 11) is -2.63. The van der Waals surface area contributed by atoms with Gasteiger partial charge in [0.1, 0.15) is 10.6 Å². The van der Waals surface area contributed by atoms with Crippen LogP contribution in [0.15, 0.2) is 50.2 Å². The van der Waals surface area contributed by atoms with Crippen molar-refractivity contribution in [3.05, 3.63) is 55.5 Å². The highest BCUT2D eigenvalue weighted by Crippen LogP contribution is 2.33. The largest absolute Gasteiger partial charge is 0.495 e. The van der Waals surface area contributed by atoms with Crippen molar-refractivity contribution in [2.75, 3.05) is 11.8 Å². The minimum atomic E-state index is -3.97. The molecule has 23 heavy (non-hydrogen) atoms. The van der Waals surface area contributed by atoms with Gasteiger partial charge >= 0.3 is 0 Å². The second-order valence-electron chi connectivity index (χ2n) is 4.32. The molecular weight excluding hydrogens is 456 g/mol. The average molecular weight is 466 g/mol. The molecule has 10 heteroatoms. The number of ether oxygens (including phenoxy) is 1. The number of nitro groups is 1. The number of benzene rings is 2. The van der Waals surface area contributed by atoms with Crippen molar-refractivity contribution in [1.82, 2.24) is 0 Å².